The van der Waals surface area contributed by atoms with Gasteiger partial charge in [-0.2, -0.15) is 5.21 Å². The molecule has 2 N–H and O–H groups in total. The third kappa shape index (κ3) is 5.55. The number of H-pyrrole nitrogens is 1. The fourth-order valence-corrected chi connectivity index (χ4v) is 4.64. The second-order valence-corrected chi connectivity index (χ2v) is 9.34. The predicted octanol–water partition coefficient (Wildman–Crippen LogP) is 4.06. The predicted molar refractivity (Wildman–Crippen MR) is 143 cm³/mol. The zero-order valence-corrected chi connectivity index (χ0v) is 20.9. The number of anilines is 1. The summed E-state index contributed by atoms with van der Waals surface area (Å²) >= 11 is 0. The molecule has 3 heterocycles. The molecule has 1 aliphatic rings. The van der Waals surface area contributed by atoms with Gasteiger partial charge in [-0.1, -0.05) is 48.5 Å². The molecule has 0 fully saturated rings. The summed E-state index contributed by atoms with van der Waals surface area (Å²) in [5.74, 6) is 0.889. The number of ether oxygens (including phenoxy) is 2. The second kappa shape index (κ2) is 10.9. The molecule has 3 aromatic carbocycles. The van der Waals surface area contributed by atoms with Crippen molar-refractivity contribution in [2.24, 2.45) is 0 Å². The number of para-hydroxylation sites is 1. The fraction of sp³-hybridized carbons (Fsp3) is 0.207. The maximum Gasteiger partial charge on any atom is 0.239 e. The number of nitrogens with one attached hydrogen (secondary N) is 2. The van der Waals surface area contributed by atoms with Gasteiger partial charge in [0.15, 0.2) is 16.8 Å². The lowest BCUT2D eigenvalue weighted by atomic mass is 9.99. The number of aromatic amines is 1. The van der Waals surface area contributed by atoms with Crippen LogP contribution in [0.3, 0.4) is 0 Å². The molecule has 5 aromatic rings. The molecule has 0 saturated heterocycles. The van der Waals surface area contributed by atoms with Gasteiger partial charge in [0.1, 0.15) is 11.9 Å². The molecule has 0 aliphatic carbocycles. The maximum atomic E-state index is 13.0. The lowest BCUT2D eigenvalue weighted by Crippen LogP contribution is -2.27. The van der Waals surface area contributed by atoms with Crippen LogP contribution in [0.4, 0.5) is 5.69 Å². The average Bonchev–Trinajstić information content (AvgIpc) is 3.49. The van der Waals surface area contributed by atoms with Crippen LogP contribution in [-0.4, -0.2) is 39.2 Å². The van der Waals surface area contributed by atoms with Gasteiger partial charge in [-0.3, -0.25) is 9.59 Å². The minimum Gasteiger partial charge on any atom is -0.488 e. The average molecular weight is 524 g/mol. The Morgan fingerprint density at radius 3 is 2.79 bits per heavy atom. The van der Waals surface area contributed by atoms with E-state index in [9.17, 15) is 9.59 Å². The smallest absolute Gasteiger partial charge is 0.239 e. The Balaban J connectivity index is 1.10. The van der Waals surface area contributed by atoms with Crippen molar-refractivity contribution in [1.82, 2.24) is 20.6 Å². The van der Waals surface area contributed by atoms with E-state index in [2.05, 4.69) is 25.9 Å². The van der Waals surface area contributed by atoms with Gasteiger partial charge in [-0.25, -0.2) is 0 Å². The molecule has 196 valence electrons. The van der Waals surface area contributed by atoms with Crippen LogP contribution < -0.4 is 15.5 Å². The molecule has 6 rings (SSSR count). The molecule has 0 saturated carbocycles. The summed E-state index contributed by atoms with van der Waals surface area (Å²) in [6.07, 6.45) is 1.84. The van der Waals surface area contributed by atoms with Gasteiger partial charge in [0.25, 0.3) is 0 Å². The highest BCUT2D eigenvalue weighted by Gasteiger charge is 2.21. The topological polar surface area (TPSA) is 132 Å². The number of benzene rings is 3. The van der Waals surface area contributed by atoms with E-state index in [-0.39, 0.29) is 41.0 Å². The molecule has 10 heteroatoms. The van der Waals surface area contributed by atoms with Gasteiger partial charge < -0.3 is 19.2 Å². The van der Waals surface area contributed by atoms with Crippen molar-refractivity contribution < 1.29 is 18.7 Å². The van der Waals surface area contributed by atoms with Crippen molar-refractivity contribution in [2.75, 3.05) is 11.9 Å². The third-order valence-corrected chi connectivity index (χ3v) is 6.53. The van der Waals surface area contributed by atoms with Crippen molar-refractivity contribution in [1.29, 1.82) is 0 Å². The Morgan fingerprint density at radius 2 is 1.95 bits per heavy atom. The van der Waals surface area contributed by atoms with Crippen molar-refractivity contribution in [2.45, 2.75) is 32.0 Å². The number of tetrazole rings is 1. The molecular formula is C29H25N5O5. The summed E-state index contributed by atoms with van der Waals surface area (Å²) in [7, 11) is 0. The first-order chi connectivity index (χ1) is 19.1. The number of amides is 1. The van der Waals surface area contributed by atoms with E-state index in [4.69, 9.17) is 13.9 Å². The number of fused-ring (bicyclic) bond motifs is 2. The highest BCUT2D eigenvalue weighted by atomic mass is 16.5. The van der Waals surface area contributed by atoms with Gasteiger partial charge in [-0.05, 0) is 52.9 Å². The van der Waals surface area contributed by atoms with Crippen molar-refractivity contribution >= 4 is 22.6 Å². The van der Waals surface area contributed by atoms with Crippen LogP contribution in [0.15, 0.2) is 82.0 Å². The molecular weight excluding hydrogens is 498 g/mol. The monoisotopic (exact) mass is 523 g/mol. The molecule has 39 heavy (non-hydrogen) atoms. The standard InChI is InChI=1S/C29H25N5O5/c35-24-15-26(29-31-33-34-32-29)39-28-22(24)7-4-8-23(28)30-27(36)14-19-9-12-25-20(13-19)10-11-21(38-25)17-37-16-18-5-2-1-3-6-18/h1-9,12-13,15,21H,10-11,14,16-17H2,(H,30,36)(H,31,32,33,34). The Labute approximate surface area is 223 Å². The van der Waals surface area contributed by atoms with Crippen molar-refractivity contribution in [3.05, 3.63) is 99.7 Å². The quantitative estimate of drug-likeness (QED) is 0.311. The highest BCUT2D eigenvalue weighted by Crippen LogP contribution is 2.30. The number of carbonyl (C=O) groups is 1. The van der Waals surface area contributed by atoms with Crippen LogP contribution in [0.1, 0.15) is 23.1 Å². The third-order valence-electron chi connectivity index (χ3n) is 6.53. The first-order valence-electron chi connectivity index (χ1n) is 12.6. The largest absolute Gasteiger partial charge is 0.488 e. The maximum absolute atomic E-state index is 13.0. The first kappa shape index (κ1) is 24.5. The number of carbonyl (C=O) groups excluding carboxylic acids is 1. The Kier molecular flexibility index (Phi) is 6.84. The van der Waals surface area contributed by atoms with Gasteiger partial charge in [-0.15, -0.1) is 10.2 Å². The molecule has 2 aromatic heterocycles. The molecule has 1 unspecified atom stereocenters. The SMILES string of the molecule is O=C(Cc1ccc2c(c1)CCC(COCc1ccccc1)O2)Nc1cccc2c(=O)cc(-c3nn[nH]n3)oc12. The van der Waals surface area contributed by atoms with E-state index in [0.717, 1.165) is 35.3 Å². The molecule has 1 atom stereocenters. The summed E-state index contributed by atoms with van der Waals surface area (Å²) in [5, 5.41) is 16.8. The number of hydrogen-bond acceptors (Lipinski definition) is 8. The van der Waals surface area contributed by atoms with E-state index in [1.54, 1.807) is 18.2 Å². The number of aryl methyl sites for hydroxylation is 1. The van der Waals surface area contributed by atoms with E-state index in [1.807, 2.05) is 48.5 Å². The van der Waals surface area contributed by atoms with E-state index < -0.39 is 0 Å². The second-order valence-electron chi connectivity index (χ2n) is 9.34. The highest BCUT2D eigenvalue weighted by molar-refractivity contribution is 6.00. The zero-order chi connectivity index (χ0) is 26.6. The molecule has 0 spiro atoms. The fourth-order valence-electron chi connectivity index (χ4n) is 4.64. The zero-order valence-electron chi connectivity index (χ0n) is 20.9. The number of nitrogens with zero attached hydrogens (tertiary/aromatic N) is 3. The van der Waals surface area contributed by atoms with Crippen LogP contribution in [0.5, 0.6) is 5.75 Å². The van der Waals surface area contributed by atoms with Gasteiger partial charge >= 0.3 is 0 Å². The lowest BCUT2D eigenvalue weighted by Gasteiger charge is -2.26. The van der Waals surface area contributed by atoms with E-state index in [1.165, 1.54) is 6.07 Å². The minimum atomic E-state index is -0.273. The summed E-state index contributed by atoms with van der Waals surface area (Å²) in [6, 6.07) is 22.2. The Morgan fingerprint density at radius 1 is 1.05 bits per heavy atom. The lowest BCUT2D eigenvalue weighted by molar-refractivity contribution is -0.115. The van der Waals surface area contributed by atoms with Crippen molar-refractivity contribution in [3.63, 3.8) is 0 Å². The number of rotatable bonds is 8. The molecule has 1 aliphatic heterocycles. The number of aromatic nitrogens is 4. The molecule has 0 radical (unpaired) electrons. The van der Waals surface area contributed by atoms with Gasteiger partial charge in [0, 0.05) is 6.07 Å². The van der Waals surface area contributed by atoms with E-state index in [0.29, 0.717) is 24.3 Å². The number of hydrogen-bond donors (Lipinski definition) is 2. The van der Waals surface area contributed by atoms with Gasteiger partial charge in [0.2, 0.25) is 11.7 Å². The minimum absolute atomic E-state index is 0.00582. The summed E-state index contributed by atoms with van der Waals surface area (Å²) in [5.41, 5.74) is 3.43. The van der Waals surface area contributed by atoms with Crippen LogP contribution in [0.25, 0.3) is 22.6 Å². The Bertz CT molecular complexity index is 1670. The van der Waals surface area contributed by atoms with Crippen LogP contribution in [0, 0.1) is 0 Å². The van der Waals surface area contributed by atoms with Crippen LogP contribution >= 0.6 is 0 Å². The normalized spacial score (nSPS) is 14.5. The summed E-state index contributed by atoms with van der Waals surface area (Å²) < 4.78 is 17.9. The van der Waals surface area contributed by atoms with Gasteiger partial charge in [0.05, 0.1) is 30.7 Å². The van der Waals surface area contributed by atoms with Crippen LogP contribution in [0.2, 0.25) is 0 Å². The Hall–Kier alpha value is -4.83. The van der Waals surface area contributed by atoms with Crippen LogP contribution in [-0.2, 0) is 29.0 Å². The van der Waals surface area contributed by atoms with E-state index >= 15 is 0 Å². The molecule has 0 bridgehead atoms. The molecule has 1 amide bonds. The van der Waals surface area contributed by atoms with Crippen molar-refractivity contribution in [3.8, 4) is 17.3 Å². The summed E-state index contributed by atoms with van der Waals surface area (Å²) in [4.78, 5) is 25.6. The first-order valence-corrected chi connectivity index (χ1v) is 12.6. The molecule has 10 nitrogen and oxygen atoms in total. The summed E-state index contributed by atoms with van der Waals surface area (Å²) in [6.45, 7) is 1.08.